The Labute approximate surface area is 146 Å². The normalized spacial score (nSPS) is 15.3. The molecule has 0 bridgehead atoms. The molecule has 1 saturated carbocycles. The Balaban J connectivity index is 2.06. The number of likely N-dealkylation sites (N-methyl/N-ethyl adjacent to an activating group) is 1. The van der Waals surface area contributed by atoms with E-state index in [1.807, 2.05) is 20.8 Å². The number of hydrogen-bond acceptors (Lipinski definition) is 4. The van der Waals surface area contributed by atoms with E-state index in [0.717, 1.165) is 44.6 Å². The summed E-state index contributed by atoms with van der Waals surface area (Å²) in [4.78, 5) is 18.2. The molecular formula is C17H35N5O2. The van der Waals surface area contributed by atoms with Gasteiger partial charge in [-0.25, -0.2) is 4.79 Å². The van der Waals surface area contributed by atoms with Crippen LogP contribution in [0.3, 0.4) is 0 Å². The van der Waals surface area contributed by atoms with Gasteiger partial charge >= 0.3 is 6.09 Å². The second-order valence-electron chi connectivity index (χ2n) is 7.07. The highest BCUT2D eigenvalue weighted by Crippen LogP contribution is 2.25. The van der Waals surface area contributed by atoms with Gasteiger partial charge in [-0.05, 0) is 46.6 Å². The molecule has 1 amide bonds. The molecule has 0 spiro atoms. The number of nitrogens with zero attached hydrogens (tertiary/aromatic N) is 2. The van der Waals surface area contributed by atoms with Crippen molar-refractivity contribution in [3.8, 4) is 0 Å². The maximum atomic E-state index is 11.5. The predicted molar refractivity (Wildman–Crippen MR) is 98.5 cm³/mol. The summed E-state index contributed by atoms with van der Waals surface area (Å²) in [5, 5.41) is 9.34. The molecule has 140 valence electrons. The molecule has 0 atom stereocenters. The zero-order valence-corrected chi connectivity index (χ0v) is 15.9. The Morgan fingerprint density at radius 3 is 2.33 bits per heavy atom. The summed E-state index contributed by atoms with van der Waals surface area (Å²) >= 11 is 0. The maximum Gasteiger partial charge on any atom is 0.407 e. The fourth-order valence-electron chi connectivity index (χ4n) is 2.38. The number of alkyl carbamates (subject to hydrolysis) is 1. The Morgan fingerprint density at radius 1 is 1.17 bits per heavy atom. The van der Waals surface area contributed by atoms with E-state index in [4.69, 9.17) is 4.74 Å². The molecule has 0 unspecified atom stereocenters. The third kappa shape index (κ3) is 9.60. The number of rotatable bonds is 9. The predicted octanol–water partition coefficient (Wildman–Crippen LogP) is 1.55. The first-order chi connectivity index (χ1) is 11.4. The molecule has 1 rings (SSSR count). The highest BCUT2D eigenvalue weighted by Gasteiger charge is 2.27. The third-order valence-corrected chi connectivity index (χ3v) is 3.70. The molecule has 0 aromatic carbocycles. The largest absolute Gasteiger partial charge is 0.444 e. The first-order valence-corrected chi connectivity index (χ1v) is 9.01. The van der Waals surface area contributed by atoms with Crippen LogP contribution in [0.1, 0.15) is 47.0 Å². The fraction of sp³-hybridized carbons (Fsp3) is 0.882. The molecule has 3 N–H and O–H groups in total. The molecule has 0 saturated heterocycles. The average Bonchev–Trinajstić information content (AvgIpc) is 3.32. The van der Waals surface area contributed by atoms with E-state index in [-0.39, 0.29) is 6.09 Å². The molecular weight excluding hydrogens is 306 g/mol. The Bertz CT molecular complexity index is 402. The number of nitrogens with one attached hydrogen (secondary N) is 3. The Hall–Kier alpha value is -1.50. The van der Waals surface area contributed by atoms with Crippen molar-refractivity contribution in [1.82, 2.24) is 20.9 Å². The monoisotopic (exact) mass is 341 g/mol. The SMILES string of the molecule is CCN(CCNC(=NC)NCCCNC(=O)OC(C)(C)C)C1CC1. The lowest BCUT2D eigenvalue weighted by Gasteiger charge is -2.21. The number of ether oxygens (including phenoxy) is 1. The van der Waals surface area contributed by atoms with Crippen LogP contribution >= 0.6 is 0 Å². The van der Waals surface area contributed by atoms with Gasteiger partial charge in [0.1, 0.15) is 5.60 Å². The van der Waals surface area contributed by atoms with Crippen molar-refractivity contribution >= 4 is 12.1 Å². The first-order valence-electron chi connectivity index (χ1n) is 9.01. The van der Waals surface area contributed by atoms with Crippen LogP contribution in [0.4, 0.5) is 4.79 Å². The number of carbonyl (C=O) groups excluding carboxylic acids is 1. The lowest BCUT2D eigenvalue weighted by molar-refractivity contribution is 0.0527. The van der Waals surface area contributed by atoms with Gasteiger partial charge in [-0.3, -0.25) is 9.89 Å². The quantitative estimate of drug-likeness (QED) is 0.337. The smallest absolute Gasteiger partial charge is 0.407 e. The Morgan fingerprint density at radius 2 is 1.79 bits per heavy atom. The molecule has 0 aliphatic heterocycles. The van der Waals surface area contributed by atoms with Gasteiger partial charge in [-0.2, -0.15) is 0 Å². The zero-order valence-electron chi connectivity index (χ0n) is 15.9. The van der Waals surface area contributed by atoms with Crippen LogP contribution in [-0.2, 0) is 4.74 Å². The average molecular weight is 342 g/mol. The molecule has 0 aromatic rings. The fourth-order valence-corrected chi connectivity index (χ4v) is 2.38. The summed E-state index contributed by atoms with van der Waals surface area (Å²) < 4.78 is 5.19. The summed E-state index contributed by atoms with van der Waals surface area (Å²) in [6.07, 6.45) is 3.12. The van der Waals surface area contributed by atoms with Gasteiger partial charge in [-0.1, -0.05) is 6.92 Å². The van der Waals surface area contributed by atoms with E-state index >= 15 is 0 Å². The molecule has 0 radical (unpaired) electrons. The second-order valence-corrected chi connectivity index (χ2v) is 7.07. The molecule has 0 aromatic heterocycles. The third-order valence-electron chi connectivity index (χ3n) is 3.70. The van der Waals surface area contributed by atoms with Gasteiger partial charge in [0, 0.05) is 39.3 Å². The topological polar surface area (TPSA) is 78.0 Å². The summed E-state index contributed by atoms with van der Waals surface area (Å²) in [5.74, 6) is 0.805. The van der Waals surface area contributed by atoms with Gasteiger partial charge < -0.3 is 20.7 Å². The van der Waals surface area contributed by atoms with Gasteiger partial charge in [0.15, 0.2) is 5.96 Å². The molecule has 24 heavy (non-hydrogen) atoms. The van der Waals surface area contributed by atoms with E-state index in [1.165, 1.54) is 12.8 Å². The number of guanidine groups is 1. The van der Waals surface area contributed by atoms with E-state index in [1.54, 1.807) is 7.05 Å². The summed E-state index contributed by atoms with van der Waals surface area (Å²) in [6, 6.07) is 0.797. The van der Waals surface area contributed by atoms with E-state index < -0.39 is 5.60 Å². The lowest BCUT2D eigenvalue weighted by atomic mass is 10.2. The minimum Gasteiger partial charge on any atom is -0.444 e. The molecule has 1 aliphatic rings. The summed E-state index contributed by atoms with van der Waals surface area (Å²) in [7, 11) is 1.77. The van der Waals surface area contributed by atoms with Gasteiger partial charge in [0.25, 0.3) is 0 Å². The van der Waals surface area contributed by atoms with Gasteiger partial charge in [0.2, 0.25) is 0 Å². The Kier molecular flexibility index (Phi) is 8.89. The number of aliphatic imine (C=N–C) groups is 1. The number of amides is 1. The molecule has 0 heterocycles. The minimum absolute atomic E-state index is 0.371. The summed E-state index contributed by atoms with van der Waals surface area (Å²) in [6.45, 7) is 12.1. The van der Waals surface area contributed by atoms with Crippen LogP contribution in [0.25, 0.3) is 0 Å². The van der Waals surface area contributed by atoms with Crippen LogP contribution in [0, 0.1) is 0 Å². The number of hydrogen-bond donors (Lipinski definition) is 3. The standard InChI is InChI=1S/C17H35N5O2/c1-6-22(14-8-9-14)13-12-20-15(18-5)19-10-7-11-21-16(23)24-17(2,3)4/h14H,6-13H2,1-5H3,(H,21,23)(H2,18,19,20). The van der Waals surface area contributed by atoms with Crippen LogP contribution in [0.5, 0.6) is 0 Å². The lowest BCUT2D eigenvalue weighted by Crippen LogP contribution is -2.42. The van der Waals surface area contributed by atoms with Crippen molar-refractivity contribution in [2.24, 2.45) is 4.99 Å². The highest BCUT2D eigenvalue weighted by molar-refractivity contribution is 5.79. The van der Waals surface area contributed by atoms with Crippen molar-refractivity contribution < 1.29 is 9.53 Å². The zero-order chi connectivity index (χ0) is 18.0. The van der Waals surface area contributed by atoms with Crippen molar-refractivity contribution in [3.05, 3.63) is 0 Å². The van der Waals surface area contributed by atoms with Crippen molar-refractivity contribution in [2.45, 2.75) is 58.6 Å². The molecule has 1 fully saturated rings. The molecule has 7 nitrogen and oxygen atoms in total. The van der Waals surface area contributed by atoms with Gasteiger partial charge in [0.05, 0.1) is 0 Å². The number of carbonyl (C=O) groups is 1. The first kappa shape index (κ1) is 20.5. The summed E-state index contributed by atoms with van der Waals surface area (Å²) in [5.41, 5.74) is -0.457. The van der Waals surface area contributed by atoms with E-state index in [2.05, 4.69) is 32.8 Å². The van der Waals surface area contributed by atoms with Crippen molar-refractivity contribution in [1.29, 1.82) is 0 Å². The molecule has 7 heteroatoms. The highest BCUT2D eigenvalue weighted by atomic mass is 16.6. The maximum absolute atomic E-state index is 11.5. The van der Waals surface area contributed by atoms with Crippen LogP contribution in [0.2, 0.25) is 0 Å². The van der Waals surface area contributed by atoms with Crippen LogP contribution < -0.4 is 16.0 Å². The minimum atomic E-state index is -0.457. The van der Waals surface area contributed by atoms with Crippen LogP contribution in [-0.4, -0.2) is 68.4 Å². The molecule has 1 aliphatic carbocycles. The van der Waals surface area contributed by atoms with E-state index in [0.29, 0.717) is 6.54 Å². The second kappa shape index (κ2) is 10.4. The van der Waals surface area contributed by atoms with Crippen molar-refractivity contribution in [3.63, 3.8) is 0 Å². The van der Waals surface area contributed by atoms with Gasteiger partial charge in [-0.15, -0.1) is 0 Å². The van der Waals surface area contributed by atoms with Crippen molar-refractivity contribution in [2.75, 3.05) is 39.8 Å². The van der Waals surface area contributed by atoms with Crippen LogP contribution in [0.15, 0.2) is 4.99 Å². The van der Waals surface area contributed by atoms with E-state index in [9.17, 15) is 4.79 Å².